The number of aromatic nitrogens is 1. The van der Waals surface area contributed by atoms with Crippen LogP contribution in [-0.2, 0) is 4.79 Å². The van der Waals surface area contributed by atoms with Crippen LogP contribution < -0.4 is 20.3 Å². The first-order valence-electron chi connectivity index (χ1n) is 13.9. The Bertz CT molecular complexity index is 1810. The van der Waals surface area contributed by atoms with Crippen LogP contribution in [0.25, 0.3) is 11.3 Å². The van der Waals surface area contributed by atoms with E-state index in [9.17, 15) is 14.7 Å². The third kappa shape index (κ3) is 6.02. The van der Waals surface area contributed by atoms with Crippen LogP contribution in [0, 0.1) is 6.92 Å². The van der Waals surface area contributed by atoms with E-state index in [4.69, 9.17) is 21.4 Å². The summed E-state index contributed by atoms with van der Waals surface area (Å²) in [5.41, 5.74) is 4.01. The van der Waals surface area contributed by atoms with E-state index < -0.39 is 5.97 Å². The molecule has 2 aromatic heterocycles. The van der Waals surface area contributed by atoms with Gasteiger partial charge in [0.15, 0.2) is 11.7 Å². The summed E-state index contributed by atoms with van der Waals surface area (Å²) in [6.07, 6.45) is 1.74. The summed E-state index contributed by atoms with van der Waals surface area (Å²) in [5.74, 6) is 0.631. The maximum atomic E-state index is 12.5. The number of amides is 1. The molecule has 9 nitrogen and oxygen atoms in total. The lowest BCUT2D eigenvalue weighted by molar-refractivity contribution is -0.118. The summed E-state index contributed by atoms with van der Waals surface area (Å²) in [6, 6.07) is 30.3. The summed E-state index contributed by atoms with van der Waals surface area (Å²) >= 11 is 5.82. The number of pyridine rings is 1. The molecule has 44 heavy (non-hydrogen) atoms. The second kappa shape index (κ2) is 12.4. The number of carboxylic acids is 1. The van der Waals surface area contributed by atoms with Crippen molar-refractivity contribution in [1.29, 1.82) is 0 Å². The molecule has 5 aromatic rings. The van der Waals surface area contributed by atoms with Gasteiger partial charge in [-0.15, -0.1) is 0 Å². The lowest BCUT2D eigenvalue weighted by Gasteiger charge is -2.26. The van der Waals surface area contributed by atoms with E-state index in [0.29, 0.717) is 28.1 Å². The van der Waals surface area contributed by atoms with Gasteiger partial charge in [0.2, 0.25) is 0 Å². The van der Waals surface area contributed by atoms with Crippen LogP contribution in [0.15, 0.2) is 114 Å². The van der Waals surface area contributed by atoms with E-state index in [0.717, 1.165) is 22.5 Å². The van der Waals surface area contributed by atoms with Crippen molar-refractivity contribution in [2.45, 2.75) is 19.0 Å². The van der Waals surface area contributed by atoms with Crippen LogP contribution in [0.1, 0.15) is 39.5 Å². The molecule has 1 saturated heterocycles. The summed E-state index contributed by atoms with van der Waals surface area (Å²) in [6.45, 7) is 1.74. The molecule has 3 N–H and O–H groups in total. The predicted octanol–water partition coefficient (Wildman–Crippen LogP) is 6.54. The topological polar surface area (TPSA) is 117 Å². The highest BCUT2D eigenvalue weighted by molar-refractivity contribution is 7.80. The van der Waals surface area contributed by atoms with Crippen molar-refractivity contribution in [3.8, 4) is 17.1 Å². The molecule has 10 heteroatoms. The number of ether oxygens (including phenoxy) is 1. The average Bonchev–Trinajstić information content (AvgIpc) is 3.66. The van der Waals surface area contributed by atoms with Gasteiger partial charge in [-0.2, -0.15) is 0 Å². The number of carboxylic acid groups (broad SMARTS) is 1. The summed E-state index contributed by atoms with van der Waals surface area (Å²) in [7, 11) is 0. The molecule has 0 aliphatic carbocycles. The molecule has 1 aliphatic heterocycles. The number of carbonyl (C=O) groups is 2. The molecule has 1 fully saturated rings. The Morgan fingerprint density at radius 3 is 2.48 bits per heavy atom. The van der Waals surface area contributed by atoms with Crippen molar-refractivity contribution in [2.75, 3.05) is 16.8 Å². The molecule has 6 rings (SSSR count). The van der Waals surface area contributed by atoms with E-state index >= 15 is 0 Å². The lowest BCUT2D eigenvalue weighted by atomic mass is 10.0. The van der Waals surface area contributed by atoms with Crippen molar-refractivity contribution in [2.24, 2.45) is 0 Å². The second-order valence-corrected chi connectivity index (χ2v) is 10.6. The van der Waals surface area contributed by atoms with E-state index in [2.05, 4.69) is 15.6 Å². The zero-order valence-electron chi connectivity index (χ0n) is 23.6. The number of carbonyl (C=O) groups excluding carboxylic acids is 1. The number of nitrogens with zero attached hydrogens (tertiary/aromatic N) is 2. The summed E-state index contributed by atoms with van der Waals surface area (Å²) in [4.78, 5) is 30.5. The number of aromatic carboxylic acids is 1. The third-order valence-corrected chi connectivity index (χ3v) is 7.61. The van der Waals surface area contributed by atoms with Crippen LogP contribution in [0.5, 0.6) is 5.75 Å². The van der Waals surface area contributed by atoms with Crippen LogP contribution >= 0.6 is 12.2 Å². The molecule has 1 amide bonds. The van der Waals surface area contributed by atoms with Gasteiger partial charge in [0, 0.05) is 23.1 Å². The van der Waals surface area contributed by atoms with Crippen LogP contribution in [0.4, 0.5) is 11.4 Å². The Labute approximate surface area is 259 Å². The van der Waals surface area contributed by atoms with Crippen molar-refractivity contribution in [1.82, 2.24) is 10.3 Å². The monoisotopic (exact) mass is 604 g/mol. The smallest absolute Gasteiger partial charge is 0.335 e. The first kappa shape index (κ1) is 28.6. The molecule has 220 valence electrons. The van der Waals surface area contributed by atoms with Crippen LogP contribution in [0.3, 0.4) is 0 Å². The second-order valence-electron chi connectivity index (χ2n) is 10.2. The lowest BCUT2D eigenvalue weighted by Crippen LogP contribution is -2.29. The fourth-order valence-electron chi connectivity index (χ4n) is 5.22. The number of furan rings is 1. The van der Waals surface area contributed by atoms with Crippen molar-refractivity contribution in [3.05, 3.63) is 132 Å². The number of benzene rings is 3. The Hall–Kier alpha value is -5.48. The highest BCUT2D eigenvalue weighted by Crippen LogP contribution is 2.43. The first-order valence-corrected chi connectivity index (χ1v) is 14.3. The molecule has 0 saturated carbocycles. The summed E-state index contributed by atoms with van der Waals surface area (Å²) in [5, 5.41) is 16.1. The Morgan fingerprint density at radius 1 is 1.00 bits per heavy atom. The standard InChI is InChI=1S/C34H28N4O5S/c1-21-19-22(33(40)41)10-15-26(21)28-16-17-29(43-28)32-31(27-9-5-6-18-35-27)37-34(44)38(32)24-13-11-23(12-14-24)36-30(39)20-42-25-7-3-2-4-8-25/h2-19,31-32H,20H2,1H3,(H,36,39)(H,37,44)(H,40,41). The predicted molar refractivity (Wildman–Crippen MR) is 171 cm³/mol. The van der Waals surface area contributed by atoms with Gasteiger partial charge in [-0.05, 0) is 97.5 Å². The van der Waals surface area contributed by atoms with Gasteiger partial charge in [0.05, 0.1) is 17.3 Å². The largest absolute Gasteiger partial charge is 0.484 e. The molecule has 0 spiro atoms. The van der Waals surface area contributed by atoms with Gasteiger partial charge in [-0.1, -0.05) is 30.3 Å². The molecule has 3 aromatic carbocycles. The number of hydrogen-bond donors (Lipinski definition) is 3. The molecule has 0 bridgehead atoms. The molecule has 0 radical (unpaired) electrons. The van der Waals surface area contributed by atoms with Crippen molar-refractivity contribution >= 4 is 40.6 Å². The van der Waals surface area contributed by atoms with Crippen LogP contribution in [0.2, 0.25) is 0 Å². The number of nitrogens with one attached hydrogen (secondary N) is 2. The minimum Gasteiger partial charge on any atom is -0.484 e. The maximum Gasteiger partial charge on any atom is 0.335 e. The average molecular weight is 605 g/mol. The highest BCUT2D eigenvalue weighted by atomic mass is 32.1. The number of anilines is 2. The number of aryl methyl sites for hydroxylation is 1. The fraction of sp³-hybridized carbons (Fsp3) is 0.118. The molecular weight excluding hydrogens is 576 g/mol. The van der Waals surface area contributed by atoms with Gasteiger partial charge < -0.3 is 29.8 Å². The van der Waals surface area contributed by atoms with Crippen molar-refractivity contribution in [3.63, 3.8) is 0 Å². The minimum absolute atomic E-state index is 0.112. The normalized spacial score (nSPS) is 15.9. The minimum atomic E-state index is -0.981. The number of para-hydroxylation sites is 1. The maximum absolute atomic E-state index is 12.5. The van der Waals surface area contributed by atoms with Gasteiger partial charge in [0.25, 0.3) is 5.91 Å². The third-order valence-electron chi connectivity index (χ3n) is 7.30. The quantitative estimate of drug-likeness (QED) is 0.161. The van der Waals surface area contributed by atoms with Gasteiger partial charge >= 0.3 is 5.97 Å². The summed E-state index contributed by atoms with van der Waals surface area (Å²) < 4.78 is 12.0. The van der Waals surface area contributed by atoms with Gasteiger partial charge in [-0.3, -0.25) is 9.78 Å². The SMILES string of the molecule is Cc1cc(C(=O)O)ccc1-c1ccc(C2C(c3ccccn3)NC(=S)N2c2ccc(NC(=O)COc3ccccc3)cc2)o1. The van der Waals surface area contributed by atoms with Crippen molar-refractivity contribution < 1.29 is 23.8 Å². The van der Waals surface area contributed by atoms with E-state index in [-0.39, 0.29) is 30.2 Å². The number of thiocarbonyl (C=S) groups is 1. The van der Waals surface area contributed by atoms with E-state index in [1.807, 2.05) is 84.6 Å². The zero-order valence-corrected chi connectivity index (χ0v) is 24.5. The van der Waals surface area contributed by atoms with E-state index in [1.165, 1.54) is 0 Å². The number of hydrogen-bond acceptors (Lipinski definition) is 6. The van der Waals surface area contributed by atoms with Gasteiger partial charge in [0.1, 0.15) is 23.3 Å². The van der Waals surface area contributed by atoms with Crippen LogP contribution in [-0.4, -0.2) is 33.7 Å². The Kier molecular flexibility index (Phi) is 8.07. The zero-order chi connectivity index (χ0) is 30.6. The fourth-order valence-corrected chi connectivity index (χ4v) is 5.57. The Balaban J connectivity index is 1.26. The molecule has 1 aliphatic rings. The molecular formula is C34H28N4O5S. The van der Waals surface area contributed by atoms with Gasteiger partial charge in [-0.25, -0.2) is 4.79 Å². The Morgan fingerprint density at radius 2 is 1.77 bits per heavy atom. The molecule has 3 heterocycles. The number of rotatable bonds is 9. The molecule has 2 unspecified atom stereocenters. The van der Waals surface area contributed by atoms with E-state index in [1.54, 1.807) is 36.5 Å². The highest BCUT2D eigenvalue weighted by Gasteiger charge is 2.42. The first-order chi connectivity index (χ1) is 21.4. The molecule has 2 atom stereocenters.